The lowest BCUT2D eigenvalue weighted by Crippen LogP contribution is -2.55. The first kappa shape index (κ1) is 16.9. The summed E-state index contributed by atoms with van der Waals surface area (Å²) in [6, 6.07) is 0. The second-order valence-electron chi connectivity index (χ2n) is 7.29. The van der Waals surface area contributed by atoms with Crippen LogP contribution in [0.4, 0.5) is 0 Å². The third kappa shape index (κ3) is 4.11. The minimum absolute atomic E-state index is 0.132. The highest BCUT2D eigenvalue weighted by molar-refractivity contribution is 7.09. The third-order valence-electron chi connectivity index (χ3n) is 5.32. The van der Waals surface area contributed by atoms with Crippen molar-refractivity contribution in [1.82, 2.24) is 15.2 Å². The van der Waals surface area contributed by atoms with Gasteiger partial charge in [-0.2, -0.15) is 0 Å². The second-order valence-corrected chi connectivity index (χ2v) is 8.36. The molecule has 1 aliphatic heterocycles. The van der Waals surface area contributed by atoms with Crippen molar-refractivity contribution in [3.05, 3.63) is 16.1 Å². The van der Waals surface area contributed by atoms with Gasteiger partial charge in [0.2, 0.25) is 5.91 Å². The molecule has 0 aromatic carbocycles. The Bertz CT molecular complexity index is 549. The normalized spacial score (nSPS) is 22.7. The smallest absolute Gasteiger partial charge is 0.223 e. The Kier molecular flexibility index (Phi) is 5.04. The first-order valence-corrected chi connectivity index (χ1v) is 9.53. The number of rotatable bonds is 6. The molecule has 1 unspecified atom stereocenters. The van der Waals surface area contributed by atoms with Crippen LogP contribution in [0.3, 0.4) is 0 Å². The summed E-state index contributed by atoms with van der Waals surface area (Å²) in [6.45, 7) is 7.52. The van der Waals surface area contributed by atoms with E-state index in [1.807, 2.05) is 6.92 Å². The van der Waals surface area contributed by atoms with Crippen molar-refractivity contribution in [3.8, 4) is 0 Å². The maximum atomic E-state index is 12.6. The van der Waals surface area contributed by atoms with Crippen molar-refractivity contribution >= 4 is 17.2 Å². The van der Waals surface area contributed by atoms with E-state index < -0.39 is 0 Å². The van der Waals surface area contributed by atoms with E-state index in [2.05, 4.69) is 27.5 Å². The Labute approximate surface area is 142 Å². The molecule has 3 N–H and O–H groups in total. The summed E-state index contributed by atoms with van der Waals surface area (Å²) in [5.74, 6) is 0.909. The molecule has 1 aromatic heterocycles. The Morgan fingerprint density at radius 1 is 1.43 bits per heavy atom. The van der Waals surface area contributed by atoms with Gasteiger partial charge in [0.05, 0.1) is 16.2 Å². The number of hydrogen-bond acceptors (Lipinski definition) is 5. The lowest BCUT2D eigenvalue weighted by Gasteiger charge is -2.35. The minimum atomic E-state index is -0.202. The average molecular weight is 337 g/mol. The summed E-state index contributed by atoms with van der Waals surface area (Å²) >= 11 is 1.70. The molecule has 6 heteroatoms. The molecule has 1 aromatic rings. The molecule has 2 fully saturated rings. The van der Waals surface area contributed by atoms with Gasteiger partial charge in [0.1, 0.15) is 0 Å². The lowest BCUT2D eigenvalue weighted by atomic mass is 9.91. The molecule has 5 nitrogen and oxygen atoms in total. The predicted octanol–water partition coefficient (Wildman–Crippen LogP) is 1.91. The highest BCUT2D eigenvalue weighted by atomic mass is 32.1. The number of aryl methyl sites for hydroxylation is 1. The molecule has 128 valence electrons. The lowest BCUT2D eigenvalue weighted by molar-refractivity contribution is -0.128. The molecule has 1 saturated carbocycles. The maximum absolute atomic E-state index is 12.6. The molecule has 1 amide bonds. The SMILES string of the molecule is Cc1nc(CN2CCC(C(=O)NC(C)(CN)C3CC3)CC2)cs1. The fraction of sp³-hybridized carbons (Fsp3) is 0.765. The van der Waals surface area contributed by atoms with Crippen LogP contribution < -0.4 is 11.1 Å². The number of nitrogens with zero attached hydrogens (tertiary/aromatic N) is 2. The zero-order valence-corrected chi connectivity index (χ0v) is 15.0. The van der Waals surface area contributed by atoms with E-state index in [-0.39, 0.29) is 17.4 Å². The van der Waals surface area contributed by atoms with Crippen LogP contribution in [0.1, 0.15) is 43.3 Å². The number of amides is 1. The summed E-state index contributed by atoms with van der Waals surface area (Å²) in [4.78, 5) is 19.5. The van der Waals surface area contributed by atoms with E-state index in [9.17, 15) is 4.79 Å². The van der Waals surface area contributed by atoms with Crippen molar-refractivity contribution in [3.63, 3.8) is 0 Å². The van der Waals surface area contributed by atoms with Gasteiger partial charge in [-0.1, -0.05) is 0 Å². The van der Waals surface area contributed by atoms with Gasteiger partial charge in [-0.3, -0.25) is 9.69 Å². The van der Waals surface area contributed by atoms with Crippen molar-refractivity contribution in [1.29, 1.82) is 0 Å². The van der Waals surface area contributed by atoms with Crippen molar-refractivity contribution in [2.75, 3.05) is 19.6 Å². The number of thiazole rings is 1. The van der Waals surface area contributed by atoms with Crippen molar-refractivity contribution < 1.29 is 4.79 Å². The molecule has 23 heavy (non-hydrogen) atoms. The Hall–Kier alpha value is -0.980. The maximum Gasteiger partial charge on any atom is 0.223 e. The van der Waals surface area contributed by atoms with E-state index in [4.69, 9.17) is 5.73 Å². The average Bonchev–Trinajstić information content (AvgIpc) is 3.32. The summed E-state index contributed by atoms with van der Waals surface area (Å²) in [6.07, 6.45) is 4.25. The number of carbonyl (C=O) groups is 1. The highest BCUT2D eigenvalue weighted by Gasteiger charge is 2.42. The number of piperidine rings is 1. The van der Waals surface area contributed by atoms with Gasteiger partial charge in [0.25, 0.3) is 0 Å². The first-order valence-electron chi connectivity index (χ1n) is 8.65. The van der Waals surface area contributed by atoms with Gasteiger partial charge in [0, 0.05) is 24.4 Å². The first-order chi connectivity index (χ1) is 11.0. The van der Waals surface area contributed by atoms with E-state index in [1.54, 1.807) is 11.3 Å². The predicted molar refractivity (Wildman–Crippen MR) is 93.2 cm³/mol. The van der Waals surface area contributed by atoms with Crippen LogP contribution in [0.5, 0.6) is 0 Å². The summed E-state index contributed by atoms with van der Waals surface area (Å²) in [7, 11) is 0. The number of carbonyl (C=O) groups excluding carboxylic acids is 1. The molecule has 0 spiro atoms. The summed E-state index contributed by atoms with van der Waals surface area (Å²) < 4.78 is 0. The minimum Gasteiger partial charge on any atom is -0.349 e. The van der Waals surface area contributed by atoms with Crippen LogP contribution in [0.15, 0.2) is 5.38 Å². The molecular weight excluding hydrogens is 308 g/mol. The summed E-state index contributed by atoms with van der Waals surface area (Å²) in [5, 5.41) is 6.51. The Balaban J connectivity index is 1.47. The van der Waals surface area contributed by atoms with Crippen LogP contribution >= 0.6 is 11.3 Å². The van der Waals surface area contributed by atoms with Gasteiger partial charge < -0.3 is 11.1 Å². The van der Waals surface area contributed by atoms with Gasteiger partial charge >= 0.3 is 0 Å². The molecule has 1 atom stereocenters. The summed E-state index contributed by atoms with van der Waals surface area (Å²) in [5.41, 5.74) is 6.86. The molecular formula is C17H28N4OS. The number of nitrogens with two attached hydrogens (primary N) is 1. The van der Waals surface area contributed by atoms with Crippen LogP contribution in [0.25, 0.3) is 0 Å². The van der Waals surface area contributed by atoms with Gasteiger partial charge in [-0.25, -0.2) is 4.98 Å². The highest BCUT2D eigenvalue weighted by Crippen LogP contribution is 2.39. The Morgan fingerprint density at radius 3 is 2.65 bits per heavy atom. The second kappa shape index (κ2) is 6.87. The van der Waals surface area contributed by atoms with Crippen molar-refractivity contribution in [2.24, 2.45) is 17.6 Å². The molecule has 2 heterocycles. The Morgan fingerprint density at radius 2 is 2.13 bits per heavy atom. The van der Waals surface area contributed by atoms with Crippen LogP contribution in [-0.4, -0.2) is 41.0 Å². The molecule has 3 rings (SSSR count). The fourth-order valence-corrected chi connectivity index (χ4v) is 4.09. The van der Waals surface area contributed by atoms with Gasteiger partial charge in [0.15, 0.2) is 0 Å². The molecule has 2 aliphatic rings. The van der Waals surface area contributed by atoms with E-state index >= 15 is 0 Å². The van der Waals surface area contributed by atoms with E-state index in [1.165, 1.54) is 12.8 Å². The van der Waals surface area contributed by atoms with Gasteiger partial charge in [-0.05, 0) is 58.5 Å². The molecule has 0 bridgehead atoms. The largest absolute Gasteiger partial charge is 0.349 e. The van der Waals surface area contributed by atoms with Gasteiger partial charge in [-0.15, -0.1) is 11.3 Å². The standard InChI is InChI=1S/C17H28N4OS/c1-12-19-15(10-23-12)9-21-7-5-13(6-8-21)16(22)20-17(2,11-18)14-3-4-14/h10,13-14H,3-9,11,18H2,1-2H3,(H,20,22). The fourth-order valence-electron chi connectivity index (χ4n) is 3.49. The number of likely N-dealkylation sites (tertiary alicyclic amines) is 1. The quantitative estimate of drug-likeness (QED) is 0.832. The van der Waals surface area contributed by atoms with Crippen LogP contribution in [-0.2, 0) is 11.3 Å². The number of hydrogen-bond donors (Lipinski definition) is 2. The topological polar surface area (TPSA) is 71.2 Å². The molecule has 1 saturated heterocycles. The number of nitrogens with one attached hydrogen (secondary N) is 1. The van der Waals surface area contributed by atoms with Crippen LogP contribution in [0, 0.1) is 18.8 Å². The van der Waals surface area contributed by atoms with Crippen molar-refractivity contribution in [2.45, 2.75) is 51.6 Å². The third-order valence-corrected chi connectivity index (χ3v) is 6.14. The molecule has 1 aliphatic carbocycles. The van der Waals surface area contributed by atoms with E-state index in [0.29, 0.717) is 12.5 Å². The van der Waals surface area contributed by atoms with E-state index in [0.717, 1.165) is 43.2 Å². The zero-order valence-electron chi connectivity index (χ0n) is 14.2. The number of aromatic nitrogens is 1. The molecule has 0 radical (unpaired) electrons. The zero-order chi connectivity index (χ0) is 16.4. The monoisotopic (exact) mass is 336 g/mol. The van der Waals surface area contributed by atoms with Crippen LogP contribution in [0.2, 0.25) is 0 Å².